The number of hydrogen-bond acceptors (Lipinski definition) is 20. The number of anilines is 4. The van der Waals surface area contributed by atoms with Crippen LogP contribution in [0.15, 0.2) is 62.0 Å². The maximum Gasteiger partial charge on any atom is 0.243 e. The zero-order chi connectivity index (χ0) is 58.1. The standard InChI is InChI=1S/C56H64Cl4N12O10/c1-8-43(73)65-32-10-17-79-28-36(32)64-42-23-31-35(27-62-42)68-52(46-48(58)38(76-5)24-39(77-6)49(46)59)71-54(31)72-15-12-56(3,13-16-72)82-21-20-81-41-25-40(78-7)47(57)45(50(41)60)34-22-30-26-63-55(70-51(30)53(67-34)61-14-19-75-4)69-37-29-80-18-11-33(37)66-44(74)9-2/h8-9,22-27,32-33,36-37H,1-2,10-21,28-29H2,3-7H3,(H,61,67)(H,62,64)(H,65,73)(H,66,74)(H,63,69,70)/t32-,33-,36+,37+/m0/s1. The molecule has 5 N–H and O–H groups in total. The van der Waals surface area contributed by atoms with Crippen molar-refractivity contribution in [1.29, 1.82) is 0 Å². The Hall–Kier alpha value is -6.76. The third-order valence-electron chi connectivity index (χ3n) is 14.4. The molecule has 7 heterocycles. The van der Waals surface area contributed by atoms with E-state index in [1.807, 2.05) is 6.07 Å². The molecule has 0 unspecified atom stereocenters. The Kier molecular flexibility index (Phi) is 19.8. The molecule has 3 aliphatic rings. The first-order valence-corrected chi connectivity index (χ1v) is 28.0. The molecule has 4 aromatic heterocycles. The van der Waals surface area contributed by atoms with Crippen molar-refractivity contribution in [3.05, 3.63) is 82.1 Å². The number of pyridine rings is 2. The molecule has 82 heavy (non-hydrogen) atoms. The van der Waals surface area contributed by atoms with Gasteiger partial charge in [-0.1, -0.05) is 59.6 Å². The number of carbonyl (C=O) groups excluding carboxylic acids is 2. The second-order valence-electron chi connectivity index (χ2n) is 19.7. The lowest BCUT2D eigenvalue weighted by molar-refractivity contribution is -0.118. The minimum atomic E-state index is -0.558. The predicted molar refractivity (Wildman–Crippen MR) is 317 cm³/mol. The van der Waals surface area contributed by atoms with Gasteiger partial charge in [0, 0.05) is 74.6 Å². The number of fused-ring (bicyclic) bond motifs is 2. The summed E-state index contributed by atoms with van der Waals surface area (Å²) >= 11 is 28.1. The van der Waals surface area contributed by atoms with Crippen molar-refractivity contribution in [2.75, 3.05) is 115 Å². The fourth-order valence-corrected chi connectivity index (χ4v) is 11.3. The van der Waals surface area contributed by atoms with Crippen molar-refractivity contribution < 1.29 is 47.5 Å². The summed E-state index contributed by atoms with van der Waals surface area (Å²) in [7, 11) is 6.12. The minimum absolute atomic E-state index is 0.129. The van der Waals surface area contributed by atoms with Crippen LogP contribution in [-0.2, 0) is 28.5 Å². The summed E-state index contributed by atoms with van der Waals surface area (Å²) in [6.07, 6.45) is 8.26. The van der Waals surface area contributed by atoms with E-state index in [0.717, 1.165) is 0 Å². The van der Waals surface area contributed by atoms with Crippen molar-refractivity contribution in [1.82, 2.24) is 40.5 Å². The third-order valence-corrected chi connectivity index (χ3v) is 15.9. The van der Waals surface area contributed by atoms with Gasteiger partial charge < -0.3 is 69.4 Å². The van der Waals surface area contributed by atoms with Crippen molar-refractivity contribution >= 4 is 103 Å². The van der Waals surface area contributed by atoms with E-state index in [9.17, 15) is 9.59 Å². The van der Waals surface area contributed by atoms with Crippen LogP contribution in [0, 0.1) is 0 Å². The van der Waals surface area contributed by atoms with Gasteiger partial charge in [0.15, 0.2) is 11.6 Å². The highest BCUT2D eigenvalue weighted by atomic mass is 35.5. The number of nitrogens with one attached hydrogen (secondary N) is 5. The number of benzene rings is 2. The number of halogens is 4. The zero-order valence-corrected chi connectivity index (χ0v) is 49.0. The van der Waals surface area contributed by atoms with Gasteiger partial charge in [-0.2, -0.15) is 0 Å². The SMILES string of the molecule is C=CC(=O)N[C@H]1CCOC[C@H]1Nc1cc2c(N3CCC(C)(OCCOc4cc(OC)c(Cl)c(-c5cc6cnc(N[C@@H]7COCC[C@@H]7NC(=O)C=C)nc6c(NCCOC)n5)c4Cl)CC3)nc(-c3c(Cl)c(OC)cc(OC)c3Cl)nc2cn1. The van der Waals surface area contributed by atoms with Gasteiger partial charge in [0.1, 0.15) is 46.8 Å². The molecule has 0 bridgehead atoms. The smallest absolute Gasteiger partial charge is 0.243 e. The number of nitrogens with zero attached hydrogens (tertiary/aromatic N) is 7. The second kappa shape index (κ2) is 27.1. The van der Waals surface area contributed by atoms with Crippen LogP contribution in [0.2, 0.25) is 20.1 Å². The Labute approximate surface area is 494 Å². The first-order valence-electron chi connectivity index (χ1n) is 26.5. The third kappa shape index (κ3) is 13.5. The fraction of sp³-hybridized carbons (Fsp3) is 0.429. The lowest BCUT2D eigenvalue weighted by atomic mass is 9.93. The number of piperidine rings is 1. The van der Waals surface area contributed by atoms with Gasteiger partial charge in [0.05, 0.1) is 121 Å². The van der Waals surface area contributed by atoms with Gasteiger partial charge in [0.25, 0.3) is 0 Å². The fourth-order valence-electron chi connectivity index (χ4n) is 9.95. The highest BCUT2D eigenvalue weighted by Gasteiger charge is 2.35. The van der Waals surface area contributed by atoms with Crippen LogP contribution in [0.4, 0.5) is 23.4 Å². The van der Waals surface area contributed by atoms with Gasteiger partial charge in [-0.3, -0.25) is 9.59 Å². The summed E-state index contributed by atoms with van der Waals surface area (Å²) in [5.74, 6) is 2.88. The van der Waals surface area contributed by atoms with E-state index >= 15 is 0 Å². The Balaban J connectivity index is 0.931. The van der Waals surface area contributed by atoms with Crippen LogP contribution in [-0.4, -0.2) is 166 Å². The number of rotatable bonds is 23. The average Bonchev–Trinajstić information content (AvgIpc) is 2.93. The largest absolute Gasteiger partial charge is 0.495 e. The lowest BCUT2D eigenvalue weighted by Gasteiger charge is -2.40. The van der Waals surface area contributed by atoms with E-state index in [2.05, 4.69) is 56.5 Å². The zero-order valence-electron chi connectivity index (χ0n) is 46.0. The number of methoxy groups -OCH3 is 4. The van der Waals surface area contributed by atoms with Crippen molar-refractivity contribution in [2.45, 2.75) is 62.4 Å². The maximum absolute atomic E-state index is 12.3. The Morgan fingerprint density at radius 1 is 0.720 bits per heavy atom. The van der Waals surface area contributed by atoms with E-state index < -0.39 is 5.60 Å². The first kappa shape index (κ1) is 59.8. The summed E-state index contributed by atoms with van der Waals surface area (Å²) in [5.41, 5.74) is 1.60. The van der Waals surface area contributed by atoms with E-state index in [4.69, 9.17) is 109 Å². The number of amides is 2. The maximum atomic E-state index is 12.3. The Morgan fingerprint density at radius 2 is 1.33 bits per heavy atom. The van der Waals surface area contributed by atoms with Crippen LogP contribution in [0.25, 0.3) is 44.5 Å². The molecule has 0 aliphatic carbocycles. The molecule has 0 radical (unpaired) electrons. The Morgan fingerprint density at radius 3 is 1.95 bits per heavy atom. The summed E-state index contributed by atoms with van der Waals surface area (Å²) in [6.45, 7) is 13.2. The molecule has 6 aromatic rings. The molecule has 26 heteroatoms. The highest BCUT2D eigenvalue weighted by molar-refractivity contribution is 6.41. The molecule has 0 saturated carbocycles. The summed E-state index contributed by atoms with van der Waals surface area (Å²) in [4.78, 5) is 56.0. The molecule has 436 valence electrons. The van der Waals surface area contributed by atoms with E-state index in [-0.39, 0.29) is 75.1 Å². The summed E-state index contributed by atoms with van der Waals surface area (Å²) in [5, 5.41) is 18.3. The minimum Gasteiger partial charge on any atom is -0.495 e. The van der Waals surface area contributed by atoms with Crippen molar-refractivity contribution in [2.24, 2.45) is 0 Å². The van der Waals surface area contributed by atoms with Crippen LogP contribution in [0.5, 0.6) is 23.0 Å². The number of carbonyl (C=O) groups is 2. The summed E-state index contributed by atoms with van der Waals surface area (Å²) < 4.78 is 46.8. The summed E-state index contributed by atoms with van der Waals surface area (Å²) in [6, 6.07) is 5.89. The Bertz CT molecular complexity index is 3310. The van der Waals surface area contributed by atoms with Crippen molar-refractivity contribution in [3.63, 3.8) is 0 Å². The molecule has 3 fully saturated rings. The number of aromatic nitrogens is 6. The molecule has 4 atom stereocenters. The van der Waals surface area contributed by atoms with E-state index in [1.54, 1.807) is 37.7 Å². The van der Waals surface area contributed by atoms with Crippen LogP contribution in [0.3, 0.4) is 0 Å². The molecule has 2 amide bonds. The highest BCUT2D eigenvalue weighted by Crippen LogP contribution is 2.48. The number of ether oxygens (including phenoxy) is 8. The topological polar surface area (TPSA) is 249 Å². The van der Waals surface area contributed by atoms with Gasteiger partial charge >= 0.3 is 0 Å². The molecular formula is C56H64Cl4N12O10. The molecule has 3 saturated heterocycles. The molecular weight excluding hydrogens is 1140 g/mol. The van der Waals surface area contributed by atoms with Crippen LogP contribution < -0.4 is 50.4 Å². The molecule has 22 nitrogen and oxygen atoms in total. The van der Waals surface area contributed by atoms with Crippen LogP contribution >= 0.6 is 46.4 Å². The number of hydrogen-bond donors (Lipinski definition) is 5. The average molecular weight is 1210 g/mol. The predicted octanol–water partition coefficient (Wildman–Crippen LogP) is 8.59. The first-order chi connectivity index (χ1) is 39.7. The quantitative estimate of drug-likeness (QED) is 0.0298. The van der Waals surface area contributed by atoms with Gasteiger partial charge in [-0.25, -0.2) is 29.9 Å². The van der Waals surface area contributed by atoms with Gasteiger partial charge in [-0.15, -0.1) is 0 Å². The van der Waals surface area contributed by atoms with Gasteiger partial charge in [0.2, 0.25) is 17.8 Å². The van der Waals surface area contributed by atoms with Gasteiger partial charge in [-0.05, 0) is 56.9 Å². The van der Waals surface area contributed by atoms with E-state index in [1.165, 1.54) is 33.5 Å². The lowest BCUT2D eigenvalue weighted by Crippen LogP contribution is -2.52. The van der Waals surface area contributed by atoms with E-state index in [0.29, 0.717) is 163 Å². The molecule has 2 aromatic carbocycles. The monoisotopic (exact) mass is 1200 g/mol. The molecule has 3 aliphatic heterocycles. The molecule has 9 rings (SSSR count). The molecule has 0 spiro atoms. The second-order valence-corrected chi connectivity index (χ2v) is 21.2. The normalized spacial score (nSPS) is 18.8. The van der Waals surface area contributed by atoms with Crippen LogP contribution in [0.1, 0.15) is 32.6 Å². The van der Waals surface area contributed by atoms with Crippen molar-refractivity contribution in [3.8, 4) is 45.6 Å².